The summed E-state index contributed by atoms with van der Waals surface area (Å²) in [4.78, 5) is 24.2. The van der Waals surface area contributed by atoms with E-state index in [0.717, 1.165) is 0 Å². The fourth-order valence-corrected chi connectivity index (χ4v) is 1.57. The third-order valence-corrected chi connectivity index (χ3v) is 2.92. The van der Waals surface area contributed by atoms with Gasteiger partial charge in [0.15, 0.2) is 0 Å². The highest BCUT2D eigenvalue weighted by Gasteiger charge is 2.13. The van der Waals surface area contributed by atoms with Crippen molar-refractivity contribution in [2.45, 2.75) is 39.0 Å². The van der Waals surface area contributed by atoms with Gasteiger partial charge in [0.2, 0.25) is 12.8 Å². The Morgan fingerprint density at radius 2 is 1.57 bits per heavy atom. The summed E-state index contributed by atoms with van der Waals surface area (Å²) in [5.74, 6) is 0. The number of carbonyl (C=O) groups is 2. The van der Waals surface area contributed by atoms with Crippen LogP contribution in [0.25, 0.3) is 0 Å². The molecule has 0 bridgehead atoms. The van der Waals surface area contributed by atoms with Gasteiger partial charge in [-0.2, -0.15) is 0 Å². The Kier molecular flexibility index (Phi) is 10.2. The number of hydrogen-bond donors (Lipinski definition) is 0. The van der Waals surface area contributed by atoms with E-state index in [1.807, 2.05) is 20.8 Å². The smallest absolute Gasteiger partial charge is 0.213 e. The molecule has 2 amide bonds. The molecule has 6 nitrogen and oxygen atoms in total. The zero-order chi connectivity index (χ0) is 16.3. The van der Waals surface area contributed by atoms with Crippen molar-refractivity contribution in [3.63, 3.8) is 0 Å². The van der Waals surface area contributed by atoms with Crippen molar-refractivity contribution in [3.05, 3.63) is 25.6 Å². The van der Waals surface area contributed by atoms with Gasteiger partial charge < -0.3 is 19.3 Å². The van der Waals surface area contributed by atoms with E-state index in [0.29, 0.717) is 32.6 Å². The van der Waals surface area contributed by atoms with E-state index in [-0.39, 0.29) is 18.2 Å². The van der Waals surface area contributed by atoms with E-state index in [1.165, 1.54) is 22.2 Å². The van der Waals surface area contributed by atoms with E-state index in [9.17, 15) is 9.59 Å². The van der Waals surface area contributed by atoms with Gasteiger partial charge in [0.05, 0.1) is 38.0 Å². The van der Waals surface area contributed by atoms with Crippen molar-refractivity contribution >= 4 is 12.8 Å². The van der Waals surface area contributed by atoms with Gasteiger partial charge in [-0.3, -0.25) is 9.59 Å². The van der Waals surface area contributed by atoms with E-state index >= 15 is 0 Å². The van der Waals surface area contributed by atoms with Crippen LogP contribution in [0, 0.1) is 0 Å². The Bertz CT molecular complexity index is 320. The van der Waals surface area contributed by atoms with E-state index in [1.54, 1.807) is 0 Å². The first-order chi connectivity index (χ1) is 9.98. The molecule has 3 atom stereocenters. The maximum absolute atomic E-state index is 10.7. The van der Waals surface area contributed by atoms with Crippen LogP contribution in [0.3, 0.4) is 0 Å². The van der Waals surface area contributed by atoms with Crippen LogP contribution in [0.4, 0.5) is 0 Å². The fourth-order valence-electron chi connectivity index (χ4n) is 1.57. The highest BCUT2D eigenvalue weighted by molar-refractivity contribution is 5.49. The number of hydrogen-bond acceptors (Lipinski definition) is 4. The lowest BCUT2D eigenvalue weighted by Crippen LogP contribution is -2.34. The lowest BCUT2D eigenvalue weighted by atomic mass is 10.3. The minimum absolute atomic E-state index is 0.0776. The minimum Gasteiger partial charge on any atom is -0.374 e. The first-order valence-electron chi connectivity index (χ1n) is 6.90. The SMILES string of the molecule is C=CN(C=O)CC(C)OCC(C)OCC(C)N(C=C)C=O. The molecule has 3 unspecified atom stereocenters. The molecule has 0 aromatic rings. The van der Waals surface area contributed by atoms with Crippen LogP contribution in [0.2, 0.25) is 0 Å². The predicted molar refractivity (Wildman–Crippen MR) is 81.4 cm³/mol. The van der Waals surface area contributed by atoms with Crippen LogP contribution in [-0.4, -0.2) is 60.6 Å². The van der Waals surface area contributed by atoms with Crippen LogP contribution in [0.15, 0.2) is 25.6 Å². The average Bonchev–Trinajstić information content (AvgIpc) is 2.49. The van der Waals surface area contributed by atoms with Crippen molar-refractivity contribution < 1.29 is 19.1 Å². The average molecular weight is 298 g/mol. The molecule has 0 fully saturated rings. The lowest BCUT2D eigenvalue weighted by molar-refractivity contribution is -0.120. The van der Waals surface area contributed by atoms with Crippen LogP contribution in [0.5, 0.6) is 0 Å². The molecule has 0 aromatic carbocycles. The number of amides is 2. The topological polar surface area (TPSA) is 59.1 Å². The van der Waals surface area contributed by atoms with Gasteiger partial charge in [0.25, 0.3) is 0 Å². The summed E-state index contributed by atoms with van der Waals surface area (Å²) in [6, 6.07) is -0.0776. The lowest BCUT2D eigenvalue weighted by Gasteiger charge is -2.24. The molecule has 0 saturated heterocycles. The predicted octanol–water partition coefficient (Wildman–Crippen LogP) is 1.39. The number of rotatable bonds is 13. The molecule has 0 heterocycles. The Morgan fingerprint density at radius 1 is 0.952 bits per heavy atom. The second-order valence-electron chi connectivity index (χ2n) is 4.86. The molecule has 120 valence electrons. The summed E-state index contributed by atoms with van der Waals surface area (Å²) in [7, 11) is 0. The maximum Gasteiger partial charge on any atom is 0.213 e. The van der Waals surface area contributed by atoms with Gasteiger partial charge in [-0.05, 0) is 33.2 Å². The minimum atomic E-state index is -0.115. The first-order valence-corrected chi connectivity index (χ1v) is 6.90. The molecular weight excluding hydrogens is 272 g/mol. The van der Waals surface area contributed by atoms with Crippen LogP contribution < -0.4 is 0 Å². The summed E-state index contributed by atoms with van der Waals surface area (Å²) < 4.78 is 11.2. The number of ether oxygens (including phenoxy) is 2. The highest BCUT2D eigenvalue weighted by atomic mass is 16.5. The van der Waals surface area contributed by atoms with Crippen LogP contribution in [0.1, 0.15) is 20.8 Å². The van der Waals surface area contributed by atoms with Crippen molar-refractivity contribution in [2.24, 2.45) is 0 Å². The Morgan fingerprint density at radius 3 is 2.05 bits per heavy atom. The summed E-state index contributed by atoms with van der Waals surface area (Å²) >= 11 is 0. The van der Waals surface area contributed by atoms with Gasteiger partial charge >= 0.3 is 0 Å². The molecule has 0 rings (SSSR count). The zero-order valence-corrected chi connectivity index (χ0v) is 13.1. The molecule has 6 heteroatoms. The summed E-state index contributed by atoms with van der Waals surface area (Å²) in [5, 5.41) is 0. The fraction of sp³-hybridized carbons (Fsp3) is 0.600. The number of carbonyl (C=O) groups excluding carboxylic acids is 2. The van der Waals surface area contributed by atoms with Gasteiger partial charge in [-0.15, -0.1) is 0 Å². The monoisotopic (exact) mass is 298 g/mol. The van der Waals surface area contributed by atoms with Crippen LogP contribution >= 0.6 is 0 Å². The molecule has 0 aliphatic heterocycles. The highest BCUT2D eigenvalue weighted by Crippen LogP contribution is 2.03. The maximum atomic E-state index is 10.7. The third kappa shape index (κ3) is 8.27. The standard InChI is InChI=1S/C15H26N2O4/c1-6-16(11-18)8-14(4)21-10-15(5)20-9-13(3)17(7-2)12-19/h6-7,11-15H,1-2,8-10H2,3-5H3. The van der Waals surface area contributed by atoms with Crippen molar-refractivity contribution in [1.82, 2.24) is 9.80 Å². The summed E-state index contributed by atoms with van der Waals surface area (Å²) in [5.41, 5.74) is 0. The molecule has 0 aliphatic rings. The summed E-state index contributed by atoms with van der Waals surface area (Å²) in [6.07, 6.45) is 4.12. The molecule has 21 heavy (non-hydrogen) atoms. The van der Waals surface area contributed by atoms with Crippen molar-refractivity contribution in [1.29, 1.82) is 0 Å². The zero-order valence-electron chi connectivity index (χ0n) is 13.1. The summed E-state index contributed by atoms with van der Waals surface area (Å²) in [6.45, 7) is 14.0. The molecule has 0 spiro atoms. The van der Waals surface area contributed by atoms with Gasteiger partial charge in [-0.1, -0.05) is 13.2 Å². The molecule has 0 aliphatic carbocycles. The Hall–Kier alpha value is -1.66. The second kappa shape index (κ2) is 11.0. The van der Waals surface area contributed by atoms with E-state index in [2.05, 4.69) is 13.2 Å². The van der Waals surface area contributed by atoms with Crippen LogP contribution in [-0.2, 0) is 19.1 Å². The molecular formula is C15H26N2O4. The van der Waals surface area contributed by atoms with Gasteiger partial charge in [-0.25, -0.2) is 0 Å². The quantitative estimate of drug-likeness (QED) is 0.482. The number of nitrogens with zero attached hydrogens (tertiary/aromatic N) is 2. The van der Waals surface area contributed by atoms with E-state index in [4.69, 9.17) is 9.47 Å². The van der Waals surface area contributed by atoms with E-state index < -0.39 is 0 Å². The second-order valence-corrected chi connectivity index (χ2v) is 4.86. The first kappa shape index (κ1) is 19.3. The van der Waals surface area contributed by atoms with Crippen molar-refractivity contribution in [3.8, 4) is 0 Å². The molecule has 0 radical (unpaired) electrons. The van der Waals surface area contributed by atoms with Gasteiger partial charge in [0, 0.05) is 0 Å². The van der Waals surface area contributed by atoms with Gasteiger partial charge in [0.1, 0.15) is 0 Å². The largest absolute Gasteiger partial charge is 0.374 e. The Balaban J connectivity index is 3.96. The Labute approximate surface area is 127 Å². The van der Waals surface area contributed by atoms with Crippen molar-refractivity contribution in [2.75, 3.05) is 19.8 Å². The molecule has 0 N–H and O–H groups in total. The molecule has 0 saturated carbocycles. The third-order valence-electron chi connectivity index (χ3n) is 2.92. The normalized spacial score (nSPS) is 14.6. The molecule has 0 aromatic heterocycles.